The van der Waals surface area contributed by atoms with E-state index in [1.807, 2.05) is 34.6 Å². The molecule has 0 aromatic heterocycles. The van der Waals surface area contributed by atoms with Crippen molar-refractivity contribution in [1.29, 1.82) is 0 Å². The molecule has 2 fully saturated rings. The van der Waals surface area contributed by atoms with Crippen LogP contribution in [0.3, 0.4) is 0 Å². The van der Waals surface area contributed by atoms with E-state index in [-0.39, 0.29) is 36.8 Å². The fraction of sp³-hybridized carbons (Fsp3) is 0.806. The van der Waals surface area contributed by atoms with Crippen LogP contribution in [0.25, 0.3) is 0 Å². The number of carbonyl (C=O) groups excluding carboxylic acids is 4. The van der Waals surface area contributed by atoms with Crippen LogP contribution >= 0.6 is 0 Å². The smallest absolute Gasteiger partial charge is 0.303 e. The summed E-state index contributed by atoms with van der Waals surface area (Å²) >= 11 is 0. The van der Waals surface area contributed by atoms with E-state index in [1.54, 1.807) is 6.92 Å². The van der Waals surface area contributed by atoms with Gasteiger partial charge in [0.15, 0.2) is 11.9 Å². The molecule has 2 heterocycles. The van der Waals surface area contributed by atoms with Gasteiger partial charge >= 0.3 is 17.9 Å². The first-order valence-electron chi connectivity index (χ1n) is 14.4. The molecular weight excluding hydrogens is 532 g/mol. The van der Waals surface area contributed by atoms with Gasteiger partial charge in [-0.05, 0) is 19.8 Å². The van der Waals surface area contributed by atoms with E-state index in [0.29, 0.717) is 19.3 Å². The van der Waals surface area contributed by atoms with Gasteiger partial charge < -0.3 is 28.4 Å². The van der Waals surface area contributed by atoms with Crippen molar-refractivity contribution in [2.75, 3.05) is 13.7 Å². The zero-order chi connectivity index (χ0) is 31.3. The molecule has 0 aromatic carbocycles. The second-order valence-electron chi connectivity index (χ2n) is 12.6. The normalized spacial score (nSPS) is 31.9. The van der Waals surface area contributed by atoms with Crippen LogP contribution in [0.15, 0.2) is 12.2 Å². The van der Waals surface area contributed by atoms with E-state index in [2.05, 4.69) is 6.58 Å². The Labute approximate surface area is 244 Å². The fourth-order valence-electron chi connectivity index (χ4n) is 5.89. The molecule has 2 rings (SSSR count). The van der Waals surface area contributed by atoms with Crippen LogP contribution in [0.4, 0.5) is 0 Å². The molecule has 0 saturated carbocycles. The van der Waals surface area contributed by atoms with Crippen LogP contribution in [-0.4, -0.2) is 79.6 Å². The third-order valence-electron chi connectivity index (χ3n) is 8.71. The van der Waals surface area contributed by atoms with Gasteiger partial charge in [-0.1, -0.05) is 39.8 Å². The lowest BCUT2D eigenvalue weighted by molar-refractivity contribution is -0.213. The van der Waals surface area contributed by atoms with Gasteiger partial charge in [0.2, 0.25) is 0 Å². The summed E-state index contributed by atoms with van der Waals surface area (Å²) in [5.74, 6) is -1.86. The summed E-state index contributed by atoms with van der Waals surface area (Å²) in [4.78, 5) is 49.2. The average Bonchev–Trinajstić information content (AvgIpc) is 2.84. The number of hydrogen-bond donors (Lipinski definition) is 0. The first-order valence-corrected chi connectivity index (χ1v) is 14.4. The molecule has 0 spiro atoms. The van der Waals surface area contributed by atoms with Crippen molar-refractivity contribution < 1.29 is 47.6 Å². The molecule has 2 aliphatic heterocycles. The first kappa shape index (κ1) is 34.9. The van der Waals surface area contributed by atoms with Crippen LogP contribution in [-0.2, 0) is 47.6 Å². The van der Waals surface area contributed by atoms with Gasteiger partial charge in [0.1, 0.15) is 18.3 Å². The molecule has 0 N–H and O–H groups in total. The van der Waals surface area contributed by atoms with Gasteiger partial charge in [0.05, 0.1) is 24.4 Å². The van der Waals surface area contributed by atoms with Crippen LogP contribution in [0.5, 0.6) is 0 Å². The predicted octanol–water partition coefficient (Wildman–Crippen LogP) is 4.36. The fourth-order valence-corrected chi connectivity index (χ4v) is 5.89. The highest BCUT2D eigenvalue weighted by Crippen LogP contribution is 2.44. The molecule has 0 amide bonds. The van der Waals surface area contributed by atoms with Crippen molar-refractivity contribution in [3.8, 4) is 0 Å². The van der Waals surface area contributed by atoms with E-state index in [9.17, 15) is 19.2 Å². The van der Waals surface area contributed by atoms with Gasteiger partial charge in [-0.25, -0.2) is 0 Å². The van der Waals surface area contributed by atoms with Gasteiger partial charge in [0.25, 0.3) is 0 Å². The summed E-state index contributed by atoms with van der Waals surface area (Å²) < 4.78 is 34.9. The standard InChI is InChI=1S/C31H50O10/c1-17(12-25(35)29(39-23(7)34)31(10)15-18(2)19(3)20(4)41-31)26-14-28(38-22(6)33)30(8,9)27(40-26)13-24(36-11)16-37-21(5)32/h17,19-20,24,26-29H,2,12-16H2,1,3-11H3/t17-,19-,20-,24+,26+,27-,28?,29-,31-/m1/s1. The monoisotopic (exact) mass is 582 g/mol. The molecule has 2 saturated heterocycles. The highest BCUT2D eigenvalue weighted by molar-refractivity contribution is 5.87. The number of carbonyl (C=O) groups is 4. The molecule has 1 unspecified atom stereocenters. The maximum atomic E-state index is 13.8. The van der Waals surface area contributed by atoms with E-state index >= 15 is 0 Å². The molecule has 0 aromatic rings. The van der Waals surface area contributed by atoms with Crippen molar-refractivity contribution in [2.24, 2.45) is 17.3 Å². The van der Waals surface area contributed by atoms with Crippen LogP contribution in [0.1, 0.15) is 88.0 Å². The molecular formula is C31H50O10. The second kappa shape index (κ2) is 14.2. The third-order valence-corrected chi connectivity index (χ3v) is 8.71. The van der Waals surface area contributed by atoms with Gasteiger partial charge in [0, 0.05) is 64.9 Å². The summed E-state index contributed by atoms with van der Waals surface area (Å²) in [6.07, 6.45) is -1.90. The van der Waals surface area contributed by atoms with Crippen LogP contribution < -0.4 is 0 Å². The molecule has 234 valence electrons. The number of rotatable bonds is 12. The molecule has 0 bridgehead atoms. The molecule has 0 aliphatic carbocycles. The summed E-state index contributed by atoms with van der Waals surface area (Å²) in [6, 6.07) is 0. The zero-order valence-corrected chi connectivity index (χ0v) is 26.4. The maximum Gasteiger partial charge on any atom is 0.303 e. The molecule has 10 heteroatoms. The summed E-state index contributed by atoms with van der Waals surface area (Å²) in [5, 5.41) is 0. The van der Waals surface area contributed by atoms with Crippen molar-refractivity contribution in [3.63, 3.8) is 0 Å². The molecule has 41 heavy (non-hydrogen) atoms. The van der Waals surface area contributed by atoms with Gasteiger partial charge in [-0.3, -0.25) is 19.2 Å². The number of hydrogen-bond acceptors (Lipinski definition) is 10. The largest absolute Gasteiger partial charge is 0.463 e. The predicted molar refractivity (Wildman–Crippen MR) is 151 cm³/mol. The first-order chi connectivity index (χ1) is 18.9. The average molecular weight is 583 g/mol. The lowest BCUT2D eigenvalue weighted by Crippen LogP contribution is -2.56. The Morgan fingerprint density at radius 1 is 1.05 bits per heavy atom. The van der Waals surface area contributed by atoms with E-state index in [4.69, 9.17) is 28.4 Å². The van der Waals surface area contributed by atoms with E-state index in [1.165, 1.54) is 27.9 Å². The number of Topliss-reactive ketones (excluding diaryl/α,β-unsaturated/α-hetero) is 1. The Balaban J connectivity index is 2.28. The van der Waals surface area contributed by atoms with Gasteiger partial charge in [-0.15, -0.1) is 0 Å². The summed E-state index contributed by atoms with van der Waals surface area (Å²) in [6.45, 7) is 19.8. The summed E-state index contributed by atoms with van der Waals surface area (Å²) in [7, 11) is 1.53. The van der Waals surface area contributed by atoms with Crippen molar-refractivity contribution in [3.05, 3.63) is 12.2 Å². The third kappa shape index (κ3) is 9.09. The number of ketones is 1. The quantitative estimate of drug-likeness (QED) is 0.186. The number of ether oxygens (including phenoxy) is 6. The zero-order valence-electron chi connectivity index (χ0n) is 26.4. The highest BCUT2D eigenvalue weighted by Gasteiger charge is 2.51. The Morgan fingerprint density at radius 2 is 1.68 bits per heavy atom. The molecule has 9 atom stereocenters. The van der Waals surface area contributed by atoms with Crippen molar-refractivity contribution >= 4 is 23.7 Å². The topological polar surface area (TPSA) is 124 Å². The molecule has 0 radical (unpaired) electrons. The second-order valence-corrected chi connectivity index (χ2v) is 12.6. The lowest BCUT2D eigenvalue weighted by Gasteiger charge is -2.49. The number of esters is 3. The summed E-state index contributed by atoms with van der Waals surface area (Å²) in [5.41, 5.74) is -0.697. The Hall–Kier alpha value is -2.30. The Bertz CT molecular complexity index is 974. The van der Waals surface area contributed by atoms with Crippen LogP contribution in [0.2, 0.25) is 0 Å². The van der Waals surface area contributed by atoms with Crippen molar-refractivity contribution in [2.45, 2.75) is 130 Å². The minimum absolute atomic E-state index is 0.0546. The SMILES string of the molecule is C=C1C[C@](C)([C@H](OC(C)=O)C(=O)C[C@@H](C)[C@@H]2CC(OC(C)=O)C(C)(C)[C@@H](C[C@@H](COC(C)=O)OC)O2)O[C@H](C)[C@@H]1C. The maximum absolute atomic E-state index is 13.8. The van der Waals surface area contributed by atoms with E-state index < -0.39 is 59.4 Å². The minimum Gasteiger partial charge on any atom is -0.463 e. The van der Waals surface area contributed by atoms with Crippen molar-refractivity contribution in [1.82, 2.24) is 0 Å². The number of methoxy groups -OCH3 is 1. The Kier molecular flexibility index (Phi) is 12.1. The minimum atomic E-state index is -1.11. The van der Waals surface area contributed by atoms with E-state index in [0.717, 1.165) is 5.57 Å². The van der Waals surface area contributed by atoms with Gasteiger partial charge in [-0.2, -0.15) is 0 Å². The molecule has 2 aliphatic rings. The van der Waals surface area contributed by atoms with Crippen LogP contribution in [0, 0.1) is 17.3 Å². The molecule has 10 nitrogen and oxygen atoms in total. The Morgan fingerprint density at radius 3 is 2.20 bits per heavy atom. The highest BCUT2D eigenvalue weighted by atomic mass is 16.6. The lowest BCUT2D eigenvalue weighted by atomic mass is 9.72.